The molecule has 0 fully saturated rings. The van der Waals surface area contributed by atoms with Crippen molar-refractivity contribution in [3.63, 3.8) is 0 Å². The lowest BCUT2D eigenvalue weighted by Crippen LogP contribution is -2.27. The Balaban J connectivity index is 1.99. The van der Waals surface area contributed by atoms with Gasteiger partial charge in [0, 0.05) is 23.8 Å². The van der Waals surface area contributed by atoms with E-state index in [1.54, 1.807) is 36.4 Å². The van der Waals surface area contributed by atoms with Crippen molar-refractivity contribution in [3.8, 4) is 17.6 Å². The smallest absolute Gasteiger partial charge is 0.263 e. The van der Waals surface area contributed by atoms with E-state index in [4.69, 9.17) is 16.3 Å². The van der Waals surface area contributed by atoms with Crippen LogP contribution in [-0.4, -0.2) is 24.7 Å². The van der Waals surface area contributed by atoms with Gasteiger partial charge in [-0.1, -0.05) is 23.7 Å². The van der Waals surface area contributed by atoms with Crippen LogP contribution < -0.4 is 15.4 Å². The predicted octanol–water partition coefficient (Wildman–Crippen LogP) is 3.54. The average molecular weight is 386 g/mol. The zero-order chi connectivity index (χ0) is 19.8. The summed E-state index contributed by atoms with van der Waals surface area (Å²) in [5.74, 6) is 0.219. The summed E-state index contributed by atoms with van der Waals surface area (Å²) < 4.78 is 5.25. The number of nitrogens with zero attached hydrogens (tertiary/aromatic N) is 1. The number of amides is 1. The SMILES string of the molecule is COc1cc(Cl)c(C)cc1N/C=C(/C#N)C(=O)NCCc1ccc(O)cc1. The molecule has 3 N–H and O–H groups in total. The average Bonchev–Trinajstić information content (AvgIpc) is 2.66. The summed E-state index contributed by atoms with van der Waals surface area (Å²) in [5, 5.41) is 24.7. The highest BCUT2D eigenvalue weighted by Crippen LogP contribution is 2.31. The molecule has 0 radical (unpaired) electrons. The summed E-state index contributed by atoms with van der Waals surface area (Å²) in [6.07, 6.45) is 1.92. The number of phenols is 1. The minimum Gasteiger partial charge on any atom is -0.508 e. The third kappa shape index (κ3) is 5.66. The number of nitrogens with one attached hydrogen (secondary N) is 2. The van der Waals surface area contributed by atoms with E-state index in [-0.39, 0.29) is 11.3 Å². The number of aryl methyl sites for hydroxylation is 1. The summed E-state index contributed by atoms with van der Waals surface area (Å²) >= 11 is 6.07. The quantitative estimate of drug-likeness (QED) is 0.500. The molecule has 0 aromatic heterocycles. The Labute approximate surface area is 163 Å². The van der Waals surface area contributed by atoms with E-state index in [0.717, 1.165) is 11.1 Å². The molecule has 0 aliphatic rings. The lowest BCUT2D eigenvalue weighted by Gasteiger charge is -2.11. The third-order valence-corrected chi connectivity index (χ3v) is 4.26. The number of carbonyl (C=O) groups excluding carboxylic acids is 1. The zero-order valence-corrected chi connectivity index (χ0v) is 15.8. The Morgan fingerprint density at radius 3 is 2.67 bits per heavy atom. The van der Waals surface area contributed by atoms with E-state index in [0.29, 0.717) is 29.4 Å². The fourth-order valence-electron chi connectivity index (χ4n) is 2.32. The first kappa shape index (κ1) is 20.1. The van der Waals surface area contributed by atoms with Gasteiger partial charge in [0.05, 0.1) is 12.8 Å². The molecular formula is C20H20ClN3O3. The monoisotopic (exact) mass is 385 g/mol. The molecule has 2 aromatic carbocycles. The number of aromatic hydroxyl groups is 1. The number of nitriles is 1. The molecule has 2 rings (SSSR count). The van der Waals surface area contributed by atoms with Crippen molar-refractivity contribution in [1.29, 1.82) is 5.26 Å². The van der Waals surface area contributed by atoms with Crippen molar-refractivity contribution in [2.75, 3.05) is 19.0 Å². The standard InChI is InChI=1S/C20H20ClN3O3/c1-13-9-18(19(27-2)10-17(13)21)24-12-15(11-22)20(26)23-8-7-14-3-5-16(25)6-4-14/h3-6,9-10,12,24-25H,7-8H2,1-2H3,(H,23,26)/b15-12-. The Kier molecular flexibility index (Phi) is 7.09. The first-order valence-electron chi connectivity index (χ1n) is 8.21. The molecular weight excluding hydrogens is 366 g/mol. The van der Waals surface area contributed by atoms with Gasteiger partial charge >= 0.3 is 0 Å². The Bertz CT molecular complexity index is 887. The molecule has 6 nitrogen and oxygen atoms in total. The normalized spacial score (nSPS) is 10.8. The number of rotatable bonds is 7. The lowest BCUT2D eigenvalue weighted by atomic mass is 10.1. The van der Waals surface area contributed by atoms with Crippen LogP contribution in [0.2, 0.25) is 5.02 Å². The number of anilines is 1. The van der Waals surface area contributed by atoms with Crippen LogP contribution in [0.4, 0.5) is 5.69 Å². The number of phenolic OH excluding ortho intramolecular Hbond substituents is 1. The van der Waals surface area contributed by atoms with Crippen molar-refractivity contribution < 1.29 is 14.6 Å². The van der Waals surface area contributed by atoms with Crippen LogP contribution in [0, 0.1) is 18.3 Å². The molecule has 0 aliphatic carbocycles. The molecule has 2 aromatic rings. The molecule has 0 unspecified atom stereocenters. The zero-order valence-electron chi connectivity index (χ0n) is 15.0. The Morgan fingerprint density at radius 2 is 2.04 bits per heavy atom. The van der Waals surface area contributed by atoms with Crippen LogP contribution >= 0.6 is 11.6 Å². The van der Waals surface area contributed by atoms with E-state index < -0.39 is 5.91 Å². The van der Waals surface area contributed by atoms with Gasteiger partial charge in [-0.25, -0.2) is 0 Å². The van der Waals surface area contributed by atoms with Crippen LogP contribution in [0.3, 0.4) is 0 Å². The number of carbonyl (C=O) groups is 1. The molecule has 0 saturated carbocycles. The van der Waals surface area contributed by atoms with Crippen molar-refractivity contribution >= 4 is 23.2 Å². The molecule has 0 saturated heterocycles. The van der Waals surface area contributed by atoms with Crippen molar-refractivity contribution in [2.45, 2.75) is 13.3 Å². The number of halogens is 1. The Morgan fingerprint density at radius 1 is 1.33 bits per heavy atom. The molecule has 140 valence electrons. The fraction of sp³-hybridized carbons (Fsp3) is 0.200. The largest absolute Gasteiger partial charge is 0.508 e. The van der Waals surface area contributed by atoms with E-state index in [1.165, 1.54) is 13.3 Å². The maximum Gasteiger partial charge on any atom is 0.263 e. The highest BCUT2D eigenvalue weighted by molar-refractivity contribution is 6.31. The van der Waals surface area contributed by atoms with Crippen LogP contribution in [-0.2, 0) is 11.2 Å². The highest BCUT2D eigenvalue weighted by Gasteiger charge is 2.10. The van der Waals surface area contributed by atoms with Gasteiger partial charge in [-0.05, 0) is 42.7 Å². The molecule has 1 amide bonds. The summed E-state index contributed by atoms with van der Waals surface area (Å²) in [6.45, 7) is 2.21. The maximum absolute atomic E-state index is 12.2. The molecule has 0 atom stereocenters. The van der Waals surface area contributed by atoms with Crippen molar-refractivity contribution in [3.05, 3.63) is 64.3 Å². The van der Waals surface area contributed by atoms with Gasteiger partial charge in [0.2, 0.25) is 0 Å². The van der Waals surface area contributed by atoms with Gasteiger partial charge in [0.15, 0.2) is 0 Å². The summed E-state index contributed by atoms with van der Waals surface area (Å²) in [6, 6.07) is 12.0. The van der Waals surface area contributed by atoms with Gasteiger partial charge in [-0.3, -0.25) is 4.79 Å². The fourth-order valence-corrected chi connectivity index (χ4v) is 2.48. The second-order valence-electron chi connectivity index (χ2n) is 5.79. The first-order chi connectivity index (χ1) is 12.9. The van der Waals surface area contributed by atoms with Gasteiger partial charge in [0.25, 0.3) is 5.91 Å². The molecule has 0 bridgehead atoms. The topological polar surface area (TPSA) is 94.4 Å². The lowest BCUT2D eigenvalue weighted by molar-refractivity contribution is -0.117. The minimum absolute atomic E-state index is 0.0598. The van der Waals surface area contributed by atoms with Gasteiger partial charge < -0.3 is 20.5 Å². The molecule has 0 heterocycles. The van der Waals surface area contributed by atoms with Crippen LogP contribution in [0.15, 0.2) is 48.2 Å². The molecule has 27 heavy (non-hydrogen) atoms. The van der Waals surface area contributed by atoms with E-state index in [2.05, 4.69) is 10.6 Å². The van der Waals surface area contributed by atoms with Crippen LogP contribution in [0.25, 0.3) is 0 Å². The predicted molar refractivity (Wildman–Crippen MR) is 105 cm³/mol. The van der Waals surface area contributed by atoms with Crippen molar-refractivity contribution in [2.24, 2.45) is 0 Å². The van der Waals surface area contributed by atoms with Gasteiger partial charge in [-0.2, -0.15) is 5.26 Å². The van der Waals surface area contributed by atoms with Gasteiger partial charge in [-0.15, -0.1) is 0 Å². The molecule has 0 aliphatic heterocycles. The van der Waals surface area contributed by atoms with E-state index in [9.17, 15) is 15.2 Å². The van der Waals surface area contributed by atoms with E-state index in [1.807, 2.05) is 13.0 Å². The summed E-state index contributed by atoms with van der Waals surface area (Å²) in [4.78, 5) is 12.2. The summed E-state index contributed by atoms with van der Waals surface area (Å²) in [7, 11) is 1.51. The van der Waals surface area contributed by atoms with Gasteiger partial charge in [0.1, 0.15) is 23.1 Å². The first-order valence-corrected chi connectivity index (χ1v) is 8.59. The Hall–Kier alpha value is -3.17. The molecule has 7 heteroatoms. The van der Waals surface area contributed by atoms with Crippen molar-refractivity contribution in [1.82, 2.24) is 5.32 Å². The second-order valence-corrected chi connectivity index (χ2v) is 6.20. The number of hydrogen-bond acceptors (Lipinski definition) is 5. The highest BCUT2D eigenvalue weighted by atomic mass is 35.5. The number of hydrogen-bond donors (Lipinski definition) is 3. The third-order valence-electron chi connectivity index (χ3n) is 3.85. The second kappa shape index (κ2) is 9.51. The minimum atomic E-state index is -0.478. The van der Waals surface area contributed by atoms with E-state index >= 15 is 0 Å². The number of ether oxygens (including phenoxy) is 1. The number of methoxy groups -OCH3 is 1. The van der Waals surface area contributed by atoms with Crippen LogP contribution in [0.5, 0.6) is 11.5 Å². The number of benzene rings is 2. The maximum atomic E-state index is 12.2. The molecule has 0 spiro atoms. The summed E-state index contributed by atoms with van der Waals surface area (Å²) in [5.41, 5.74) is 2.35. The van der Waals surface area contributed by atoms with Crippen LogP contribution in [0.1, 0.15) is 11.1 Å².